The molecule has 106 valence electrons. The zero-order valence-corrected chi connectivity index (χ0v) is 12.4. The number of hydrogen-bond acceptors (Lipinski definition) is 4. The number of anilines is 2. The molecule has 0 saturated heterocycles. The first kappa shape index (κ1) is 14.2. The Morgan fingerprint density at radius 3 is 2.53 bits per heavy atom. The molecule has 0 spiro atoms. The van der Waals surface area contributed by atoms with E-state index < -0.39 is 9.84 Å². The lowest BCUT2D eigenvalue weighted by Gasteiger charge is -2.26. The summed E-state index contributed by atoms with van der Waals surface area (Å²) >= 11 is 0. The molecular formula is C14H22N2O2S. The number of nitrogens with two attached hydrogens (primary N) is 1. The van der Waals surface area contributed by atoms with Crippen LogP contribution in [0.3, 0.4) is 0 Å². The summed E-state index contributed by atoms with van der Waals surface area (Å²) in [7, 11) is -3.19. The molecule has 0 bridgehead atoms. The Kier molecular flexibility index (Phi) is 4.04. The van der Waals surface area contributed by atoms with Crippen molar-refractivity contribution < 1.29 is 8.42 Å². The van der Waals surface area contributed by atoms with Gasteiger partial charge in [0.05, 0.1) is 16.3 Å². The van der Waals surface area contributed by atoms with E-state index in [2.05, 4.69) is 11.8 Å². The van der Waals surface area contributed by atoms with E-state index in [1.54, 1.807) is 12.1 Å². The number of nitrogens with zero attached hydrogens (tertiary/aromatic N) is 1. The molecule has 1 fully saturated rings. The van der Waals surface area contributed by atoms with Crippen LogP contribution in [0.2, 0.25) is 0 Å². The average molecular weight is 282 g/mol. The van der Waals surface area contributed by atoms with Gasteiger partial charge < -0.3 is 10.6 Å². The highest BCUT2D eigenvalue weighted by Crippen LogP contribution is 2.35. The topological polar surface area (TPSA) is 63.4 Å². The number of hydrogen-bond donors (Lipinski definition) is 1. The van der Waals surface area contributed by atoms with Crippen LogP contribution in [-0.4, -0.2) is 27.3 Å². The molecule has 0 atom stereocenters. The lowest BCUT2D eigenvalue weighted by atomic mass is 10.2. The molecule has 1 aromatic carbocycles. The molecule has 1 aromatic rings. The molecule has 19 heavy (non-hydrogen) atoms. The molecule has 0 aliphatic heterocycles. The van der Waals surface area contributed by atoms with E-state index in [0.717, 1.165) is 25.1 Å². The highest BCUT2D eigenvalue weighted by atomic mass is 32.2. The molecule has 4 nitrogen and oxygen atoms in total. The van der Waals surface area contributed by atoms with Crippen molar-refractivity contribution in [2.45, 2.75) is 43.5 Å². The molecule has 2 N–H and O–H groups in total. The number of nitrogen functional groups attached to an aromatic ring is 1. The van der Waals surface area contributed by atoms with E-state index in [4.69, 9.17) is 5.73 Å². The number of sulfone groups is 1. The molecule has 2 rings (SSSR count). The first-order valence-corrected chi connectivity index (χ1v) is 8.69. The van der Waals surface area contributed by atoms with Gasteiger partial charge in [0.1, 0.15) is 0 Å². The molecule has 5 heteroatoms. The van der Waals surface area contributed by atoms with Crippen LogP contribution < -0.4 is 10.6 Å². The van der Waals surface area contributed by atoms with Crippen molar-refractivity contribution in [3.63, 3.8) is 0 Å². The van der Waals surface area contributed by atoms with Gasteiger partial charge in [0, 0.05) is 18.8 Å². The van der Waals surface area contributed by atoms with E-state index in [-0.39, 0.29) is 0 Å². The Balaban J connectivity index is 2.28. The highest BCUT2D eigenvalue weighted by molar-refractivity contribution is 7.90. The maximum absolute atomic E-state index is 11.5. The second-order valence-electron chi connectivity index (χ2n) is 5.27. The van der Waals surface area contributed by atoms with Gasteiger partial charge in [-0.25, -0.2) is 8.42 Å². The Morgan fingerprint density at radius 1 is 1.37 bits per heavy atom. The van der Waals surface area contributed by atoms with Crippen LogP contribution in [-0.2, 0) is 9.84 Å². The Morgan fingerprint density at radius 2 is 2.05 bits per heavy atom. The molecule has 0 amide bonds. The quantitative estimate of drug-likeness (QED) is 0.814. The fraction of sp³-hybridized carbons (Fsp3) is 0.571. The van der Waals surface area contributed by atoms with Crippen LogP contribution in [0.1, 0.15) is 32.6 Å². The van der Waals surface area contributed by atoms with E-state index in [1.165, 1.54) is 19.1 Å². The van der Waals surface area contributed by atoms with Gasteiger partial charge in [-0.05, 0) is 37.5 Å². The van der Waals surface area contributed by atoms with Crippen molar-refractivity contribution in [1.29, 1.82) is 0 Å². The smallest absolute Gasteiger partial charge is 0.175 e. The first-order valence-electron chi connectivity index (χ1n) is 6.79. The lowest BCUT2D eigenvalue weighted by Crippen LogP contribution is -2.27. The first-order chi connectivity index (χ1) is 8.93. The van der Waals surface area contributed by atoms with Gasteiger partial charge in [-0.2, -0.15) is 0 Å². The molecule has 0 aromatic heterocycles. The second kappa shape index (κ2) is 5.41. The molecule has 1 aliphatic carbocycles. The SMILES string of the molecule is CCCCN(c1ccc(S(C)(=O)=O)cc1N)C1CC1. The summed E-state index contributed by atoms with van der Waals surface area (Å²) in [5.41, 5.74) is 7.59. The third kappa shape index (κ3) is 3.41. The third-order valence-electron chi connectivity index (χ3n) is 3.48. The summed E-state index contributed by atoms with van der Waals surface area (Å²) in [6, 6.07) is 5.66. The molecule has 0 unspecified atom stereocenters. The monoisotopic (exact) mass is 282 g/mol. The third-order valence-corrected chi connectivity index (χ3v) is 4.59. The Hall–Kier alpha value is -1.23. The van der Waals surface area contributed by atoms with Gasteiger partial charge in [-0.1, -0.05) is 13.3 Å². The van der Waals surface area contributed by atoms with Crippen LogP contribution in [0.4, 0.5) is 11.4 Å². The van der Waals surface area contributed by atoms with Gasteiger partial charge in [-0.3, -0.25) is 0 Å². The zero-order chi connectivity index (χ0) is 14.0. The van der Waals surface area contributed by atoms with Gasteiger partial charge in [0.25, 0.3) is 0 Å². The van der Waals surface area contributed by atoms with E-state index in [0.29, 0.717) is 16.6 Å². The lowest BCUT2D eigenvalue weighted by molar-refractivity contribution is 0.602. The van der Waals surface area contributed by atoms with Crippen molar-refractivity contribution in [3.05, 3.63) is 18.2 Å². The summed E-state index contributed by atoms with van der Waals surface area (Å²) in [5.74, 6) is 0. The standard InChI is InChI=1S/C14H22N2O2S/c1-3-4-9-16(11-5-6-11)14-8-7-12(10-13(14)15)19(2,17)18/h7-8,10-11H,3-6,9,15H2,1-2H3. The number of unbranched alkanes of at least 4 members (excludes halogenated alkanes) is 1. The summed E-state index contributed by atoms with van der Waals surface area (Å²) in [6.07, 6.45) is 5.89. The van der Waals surface area contributed by atoms with Crippen molar-refractivity contribution in [3.8, 4) is 0 Å². The minimum absolute atomic E-state index is 0.292. The normalized spacial score (nSPS) is 15.5. The molecule has 1 aliphatic rings. The molecular weight excluding hydrogens is 260 g/mol. The summed E-state index contributed by atoms with van der Waals surface area (Å²) in [5, 5.41) is 0. The molecule has 1 saturated carbocycles. The van der Waals surface area contributed by atoms with E-state index in [1.807, 2.05) is 6.07 Å². The average Bonchev–Trinajstić information content (AvgIpc) is 3.14. The van der Waals surface area contributed by atoms with Crippen LogP contribution in [0.5, 0.6) is 0 Å². The van der Waals surface area contributed by atoms with Gasteiger partial charge in [0.2, 0.25) is 0 Å². The summed E-state index contributed by atoms with van der Waals surface area (Å²) in [4.78, 5) is 2.62. The molecule has 0 radical (unpaired) electrons. The number of benzene rings is 1. The largest absolute Gasteiger partial charge is 0.397 e. The predicted octanol–water partition coefficient (Wildman–Crippen LogP) is 2.44. The maximum Gasteiger partial charge on any atom is 0.175 e. The molecule has 0 heterocycles. The maximum atomic E-state index is 11.5. The van der Waals surface area contributed by atoms with Crippen molar-refractivity contribution in [2.24, 2.45) is 0 Å². The fourth-order valence-electron chi connectivity index (χ4n) is 2.24. The Bertz CT molecular complexity index is 551. The number of rotatable bonds is 6. The van der Waals surface area contributed by atoms with Crippen LogP contribution in [0.15, 0.2) is 23.1 Å². The van der Waals surface area contributed by atoms with E-state index in [9.17, 15) is 8.42 Å². The summed E-state index contributed by atoms with van der Waals surface area (Å²) in [6.45, 7) is 3.16. The van der Waals surface area contributed by atoms with Crippen LogP contribution >= 0.6 is 0 Å². The van der Waals surface area contributed by atoms with E-state index >= 15 is 0 Å². The minimum atomic E-state index is -3.19. The van der Waals surface area contributed by atoms with Gasteiger partial charge in [0.15, 0.2) is 9.84 Å². The van der Waals surface area contributed by atoms with Crippen LogP contribution in [0.25, 0.3) is 0 Å². The highest BCUT2D eigenvalue weighted by Gasteiger charge is 2.30. The minimum Gasteiger partial charge on any atom is -0.397 e. The van der Waals surface area contributed by atoms with Crippen molar-refractivity contribution in [2.75, 3.05) is 23.4 Å². The van der Waals surface area contributed by atoms with Crippen LogP contribution in [0, 0.1) is 0 Å². The van der Waals surface area contributed by atoms with Crippen molar-refractivity contribution in [1.82, 2.24) is 0 Å². The second-order valence-corrected chi connectivity index (χ2v) is 7.29. The van der Waals surface area contributed by atoms with Gasteiger partial charge >= 0.3 is 0 Å². The zero-order valence-electron chi connectivity index (χ0n) is 11.6. The predicted molar refractivity (Wildman–Crippen MR) is 79.2 cm³/mol. The van der Waals surface area contributed by atoms with Crippen molar-refractivity contribution >= 4 is 21.2 Å². The Labute approximate surface area is 115 Å². The summed E-state index contributed by atoms with van der Waals surface area (Å²) < 4.78 is 23.0. The fourth-order valence-corrected chi connectivity index (χ4v) is 2.90. The van der Waals surface area contributed by atoms with Gasteiger partial charge in [-0.15, -0.1) is 0 Å².